The minimum Gasteiger partial charge on any atom is -0.479 e. The average Bonchev–Trinajstić information content (AvgIpc) is 2.95. The Kier molecular flexibility index (Phi) is 4.29. The molecule has 24 heavy (non-hydrogen) atoms. The molecule has 3 aromatic rings. The van der Waals surface area contributed by atoms with E-state index in [1.165, 1.54) is 12.1 Å². The van der Waals surface area contributed by atoms with Crippen LogP contribution in [-0.2, 0) is 16.0 Å². The highest BCUT2D eigenvalue weighted by Gasteiger charge is 2.22. The first-order valence-corrected chi connectivity index (χ1v) is 7.37. The predicted molar refractivity (Wildman–Crippen MR) is 86.9 cm³/mol. The van der Waals surface area contributed by atoms with Crippen LogP contribution in [0.3, 0.4) is 0 Å². The summed E-state index contributed by atoms with van der Waals surface area (Å²) in [7, 11) is 0. The van der Waals surface area contributed by atoms with Gasteiger partial charge in [-0.25, -0.2) is 9.18 Å². The number of carbonyl (C=O) groups is 2. The zero-order valence-electron chi connectivity index (χ0n) is 12.6. The maximum absolute atomic E-state index is 13.2. The van der Waals surface area contributed by atoms with E-state index < -0.39 is 17.9 Å². The van der Waals surface area contributed by atoms with E-state index in [2.05, 4.69) is 10.3 Å². The molecule has 0 aliphatic carbocycles. The third-order valence-electron chi connectivity index (χ3n) is 3.77. The van der Waals surface area contributed by atoms with Crippen molar-refractivity contribution in [2.24, 2.45) is 0 Å². The van der Waals surface area contributed by atoms with E-state index in [4.69, 9.17) is 0 Å². The molecule has 1 unspecified atom stereocenters. The van der Waals surface area contributed by atoms with Crippen LogP contribution in [0.4, 0.5) is 4.39 Å². The van der Waals surface area contributed by atoms with Gasteiger partial charge in [-0.2, -0.15) is 0 Å². The van der Waals surface area contributed by atoms with Crippen molar-refractivity contribution in [3.05, 3.63) is 71.7 Å². The van der Waals surface area contributed by atoms with E-state index in [0.717, 1.165) is 5.39 Å². The molecular formula is C18H15FN2O3. The summed E-state index contributed by atoms with van der Waals surface area (Å²) in [4.78, 5) is 26.6. The Bertz CT molecular complexity index is 890. The van der Waals surface area contributed by atoms with E-state index in [1.54, 1.807) is 42.6 Å². The molecule has 3 rings (SSSR count). The number of aromatic nitrogens is 1. The second-order valence-corrected chi connectivity index (χ2v) is 5.43. The molecule has 122 valence electrons. The van der Waals surface area contributed by atoms with Gasteiger partial charge in [0.1, 0.15) is 5.82 Å². The number of benzene rings is 2. The molecule has 0 radical (unpaired) electrons. The average molecular weight is 326 g/mol. The predicted octanol–water partition coefficient (Wildman–Crippen LogP) is 2.79. The summed E-state index contributed by atoms with van der Waals surface area (Å²) in [5.41, 5.74) is 1.77. The molecule has 1 amide bonds. The highest BCUT2D eigenvalue weighted by atomic mass is 19.1. The molecule has 2 aromatic carbocycles. The number of aromatic amines is 1. The lowest BCUT2D eigenvalue weighted by Gasteiger charge is -2.14. The first kappa shape index (κ1) is 15.7. The number of hydrogen-bond donors (Lipinski definition) is 3. The van der Waals surface area contributed by atoms with E-state index in [0.29, 0.717) is 16.6 Å². The third-order valence-corrected chi connectivity index (χ3v) is 3.77. The number of hydrogen-bond acceptors (Lipinski definition) is 2. The van der Waals surface area contributed by atoms with E-state index >= 15 is 0 Å². The largest absolute Gasteiger partial charge is 0.479 e. The van der Waals surface area contributed by atoms with Gasteiger partial charge in [-0.15, -0.1) is 0 Å². The van der Waals surface area contributed by atoms with Crippen molar-refractivity contribution < 1.29 is 19.1 Å². The quantitative estimate of drug-likeness (QED) is 0.674. The molecule has 1 aromatic heterocycles. The normalized spacial score (nSPS) is 12.0. The summed E-state index contributed by atoms with van der Waals surface area (Å²) in [6.45, 7) is 0. The van der Waals surface area contributed by atoms with Crippen molar-refractivity contribution in [1.29, 1.82) is 0 Å². The Morgan fingerprint density at radius 3 is 2.62 bits per heavy atom. The third kappa shape index (κ3) is 3.27. The number of H-pyrrole nitrogens is 1. The minimum atomic E-state index is -1.13. The number of aliphatic carboxylic acids is 1. The molecule has 1 heterocycles. The van der Waals surface area contributed by atoms with Gasteiger partial charge < -0.3 is 15.4 Å². The number of fused-ring (bicyclic) bond motifs is 1. The zero-order chi connectivity index (χ0) is 17.1. The second-order valence-electron chi connectivity index (χ2n) is 5.43. The standard InChI is InChI=1S/C18H15FN2O3/c19-13-6-7-14-12(10-20-15(14)9-13)8-16(22)21-17(18(23)24)11-4-2-1-3-5-11/h1-7,9-10,17,20H,8H2,(H,21,22)(H,23,24). The van der Waals surface area contributed by atoms with Crippen molar-refractivity contribution >= 4 is 22.8 Å². The van der Waals surface area contributed by atoms with Crippen LogP contribution in [0.15, 0.2) is 54.7 Å². The van der Waals surface area contributed by atoms with Gasteiger partial charge in [-0.3, -0.25) is 4.79 Å². The van der Waals surface area contributed by atoms with Gasteiger partial charge in [0.2, 0.25) is 5.91 Å². The molecule has 1 atom stereocenters. The van der Waals surface area contributed by atoms with Gasteiger partial charge in [-0.1, -0.05) is 30.3 Å². The number of nitrogens with one attached hydrogen (secondary N) is 2. The van der Waals surface area contributed by atoms with Gasteiger partial charge >= 0.3 is 5.97 Å². The fraction of sp³-hybridized carbons (Fsp3) is 0.111. The Morgan fingerprint density at radius 2 is 1.92 bits per heavy atom. The van der Waals surface area contributed by atoms with Crippen molar-refractivity contribution in [2.45, 2.75) is 12.5 Å². The Morgan fingerprint density at radius 1 is 1.17 bits per heavy atom. The lowest BCUT2D eigenvalue weighted by Crippen LogP contribution is -2.34. The van der Waals surface area contributed by atoms with Crippen LogP contribution < -0.4 is 5.32 Å². The molecule has 3 N–H and O–H groups in total. The van der Waals surface area contributed by atoms with Crippen molar-refractivity contribution in [1.82, 2.24) is 10.3 Å². The number of amides is 1. The van der Waals surface area contributed by atoms with E-state index in [9.17, 15) is 19.1 Å². The number of rotatable bonds is 5. The number of carbonyl (C=O) groups excluding carboxylic acids is 1. The van der Waals surface area contributed by atoms with Gasteiger partial charge in [0, 0.05) is 17.1 Å². The molecule has 0 saturated carbocycles. The Hall–Kier alpha value is -3.15. The zero-order valence-corrected chi connectivity index (χ0v) is 12.6. The van der Waals surface area contributed by atoms with Crippen LogP contribution in [0.25, 0.3) is 10.9 Å². The summed E-state index contributed by atoms with van der Waals surface area (Å²) in [5.74, 6) is -1.91. The topological polar surface area (TPSA) is 82.2 Å². The summed E-state index contributed by atoms with van der Waals surface area (Å²) >= 11 is 0. The van der Waals surface area contributed by atoms with Crippen molar-refractivity contribution in [3.8, 4) is 0 Å². The number of carboxylic acid groups (broad SMARTS) is 1. The van der Waals surface area contributed by atoms with Crippen LogP contribution in [0, 0.1) is 5.82 Å². The summed E-state index contributed by atoms with van der Waals surface area (Å²) in [5, 5.41) is 12.6. The highest BCUT2D eigenvalue weighted by Crippen LogP contribution is 2.20. The van der Waals surface area contributed by atoms with Crippen molar-refractivity contribution in [3.63, 3.8) is 0 Å². The second kappa shape index (κ2) is 6.54. The molecule has 0 bridgehead atoms. The molecule has 0 spiro atoms. The van der Waals surface area contributed by atoms with Gasteiger partial charge in [-0.05, 0) is 29.3 Å². The molecule has 0 saturated heterocycles. The number of carboxylic acids is 1. The van der Waals surface area contributed by atoms with Crippen LogP contribution in [0.2, 0.25) is 0 Å². The maximum Gasteiger partial charge on any atom is 0.330 e. The molecule has 6 heteroatoms. The van der Waals surface area contributed by atoms with Crippen LogP contribution >= 0.6 is 0 Å². The van der Waals surface area contributed by atoms with Gasteiger partial charge in [0.15, 0.2) is 6.04 Å². The lowest BCUT2D eigenvalue weighted by molar-refractivity contribution is -0.141. The number of halogens is 1. The van der Waals surface area contributed by atoms with Crippen LogP contribution in [0.1, 0.15) is 17.2 Å². The van der Waals surface area contributed by atoms with Crippen LogP contribution in [-0.4, -0.2) is 22.0 Å². The lowest BCUT2D eigenvalue weighted by atomic mass is 10.1. The smallest absolute Gasteiger partial charge is 0.330 e. The van der Waals surface area contributed by atoms with E-state index in [1.807, 2.05) is 0 Å². The van der Waals surface area contributed by atoms with Gasteiger partial charge in [0.25, 0.3) is 0 Å². The van der Waals surface area contributed by atoms with Crippen LogP contribution in [0.5, 0.6) is 0 Å². The summed E-state index contributed by atoms with van der Waals surface area (Å²) < 4.78 is 13.2. The molecule has 0 fully saturated rings. The van der Waals surface area contributed by atoms with E-state index in [-0.39, 0.29) is 12.2 Å². The van der Waals surface area contributed by atoms with Crippen molar-refractivity contribution in [2.75, 3.05) is 0 Å². The molecule has 0 aliphatic heterocycles. The molecule has 5 nitrogen and oxygen atoms in total. The van der Waals surface area contributed by atoms with Gasteiger partial charge in [0.05, 0.1) is 6.42 Å². The summed E-state index contributed by atoms with van der Waals surface area (Å²) in [6.07, 6.45) is 1.63. The first-order chi connectivity index (χ1) is 11.5. The fourth-order valence-electron chi connectivity index (χ4n) is 2.62. The first-order valence-electron chi connectivity index (χ1n) is 7.37. The molecule has 0 aliphatic rings. The highest BCUT2D eigenvalue weighted by molar-refractivity contribution is 5.90. The Labute approximate surface area is 137 Å². The molecular weight excluding hydrogens is 311 g/mol. The monoisotopic (exact) mass is 326 g/mol. The summed E-state index contributed by atoms with van der Waals surface area (Å²) in [6, 6.07) is 11.6. The SMILES string of the molecule is O=C(Cc1c[nH]c2cc(F)ccc12)NC(C(=O)O)c1ccccc1. The Balaban J connectivity index is 1.77. The fourth-order valence-corrected chi connectivity index (χ4v) is 2.62. The minimum absolute atomic E-state index is 0.00223. The maximum atomic E-state index is 13.2.